The van der Waals surface area contributed by atoms with Crippen LogP contribution >= 0.6 is 0 Å². The molecule has 2 atom stereocenters. The molecule has 1 aromatic rings. The van der Waals surface area contributed by atoms with Gasteiger partial charge in [-0.05, 0) is 23.3 Å². The maximum absolute atomic E-state index is 13.1. The number of rotatable bonds is 5. The van der Waals surface area contributed by atoms with E-state index in [2.05, 4.69) is 4.74 Å². The van der Waals surface area contributed by atoms with Crippen molar-refractivity contribution in [2.24, 2.45) is 5.73 Å². The summed E-state index contributed by atoms with van der Waals surface area (Å²) in [5.74, 6) is -1.21. The highest BCUT2D eigenvalue weighted by Gasteiger charge is 2.24. The maximum atomic E-state index is 13.1. The largest absolute Gasteiger partial charge is 0.469 e. The minimum absolute atomic E-state index is 0.0949. The van der Waals surface area contributed by atoms with Crippen LogP contribution in [-0.4, -0.2) is 29.4 Å². The number of aliphatic hydroxyl groups excluding tert-OH is 2. The van der Waals surface area contributed by atoms with Gasteiger partial charge in [0.15, 0.2) is 0 Å². The number of carbonyl (C=O) groups is 1. The first-order chi connectivity index (χ1) is 8.49. The highest BCUT2D eigenvalue weighted by Crippen LogP contribution is 2.23. The second-order valence-electron chi connectivity index (χ2n) is 3.84. The Balaban J connectivity index is 2.91. The van der Waals surface area contributed by atoms with Crippen molar-refractivity contribution in [1.82, 2.24) is 0 Å². The summed E-state index contributed by atoms with van der Waals surface area (Å²) in [6.07, 6.45) is -3.14. The van der Waals surface area contributed by atoms with E-state index >= 15 is 0 Å². The van der Waals surface area contributed by atoms with Crippen molar-refractivity contribution < 1.29 is 24.1 Å². The molecule has 0 saturated carbocycles. The van der Waals surface area contributed by atoms with Crippen LogP contribution in [0.15, 0.2) is 18.2 Å². The number of halogens is 1. The van der Waals surface area contributed by atoms with E-state index < -0.39 is 24.0 Å². The third-order valence-corrected chi connectivity index (χ3v) is 2.61. The highest BCUT2D eigenvalue weighted by atomic mass is 19.1. The fourth-order valence-corrected chi connectivity index (χ4v) is 1.60. The summed E-state index contributed by atoms with van der Waals surface area (Å²) in [4.78, 5) is 11.0. The second-order valence-corrected chi connectivity index (χ2v) is 3.84. The molecule has 0 spiro atoms. The van der Waals surface area contributed by atoms with Gasteiger partial charge >= 0.3 is 5.97 Å². The Morgan fingerprint density at radius 1 is 1.50 bits per heavy atom. The van der Waals surface area contributed by atoms with Crippen LogP contribution in [0, 0.1) is 5.82 Å². The van der Waals surface area contributed by atoms with Crippen LogP contribution < -0.4 is 5.73 Å². The van der Waals surface area contributed by atoms with Crippen molar-refractivity contribution in [2.75, 3.05) is 7.11 Å². The van der Waals surface area contributed by atoms with E-state index in [0.717, 1.165) is 6.07 Å². The fourth-order valence-electron chi connectivity index (χ4n) is 1.60. The molecule has 4 N–H and O–H groups in total. The molecule has 0 fully saturated rings. The Morgan fingerprint density at radius 3 is 2.72 bits per heavy atom. The van der Waals surface area contributed by atoms with E-state index in [1.54, 1.807) is 0 Å². The zero-order valence-corrected chi connectivity index (χ0v) is 9.97. The van der Waals surface area contributed by atoms with Crippen molar-refractivity contribution in [2.45, 2.75) is 25.2 Å². The van der Waals surface area contributed by atoms with Gasteiger partial charge in [0.2, 0.25) is 0 Å². The lowest BCUT2D eigenvalue weighted by Gasteiger charge is -2.19. The summed E-state index contributed by atoms with van der Waals surface area (Å²) in [7, 11) is 1.18. The van der Waals surface area contributed by atoms with Crippen molar-refractivity contribution in [3.63, 3.8) is 0 Å². The molecule has 0 aliphatic heterocycles. The molecule has 6 heteroatoms. The average molecular weight is 257 g/mol. The van der Waals surface area contributed by atoms with Crippen molar-refractivity contribution >= 4 is 5.97 Å². The van der Waals surface area contributed by atoms with Gasteiger partial charge in [0.1, 0.15) is 11.9 Å². The van der Waals surface area contributed by atoms with Gasteiger partial charge in [0.05, 0.1) is 19.6 Å². The predicted octanol–water partition coefficient (Wildman–Crippen LogP) is 0.242. The monoisotopic (exact) mass is 257 g/mol. The van der Waals surface area contributed by atoms with Crippen LogP contribution in [0.3, 0.4) is 0 Å². The zero-order chi connectivity index (χ0) is 13.7. The first-order valence-corrected chi connectivity index (χ1v) is 5.41. The van der Waals surface area contributed by atoms with Crippen LogP contribution in [-0.2, 0) is 16.1 Å². The van der Waals surface area contributed by atoms with Crippen LogP contribution in [0.2, 0.25) is 0 Å². The van der Waals surface area contributed by atoms with Gasteiger partial charge in [-0.2, -0.15) is 0 Å². The lowest BCUT2D eigenvalue weighted by Crippen LogP contribution is -2.24. The quantitative estimate of drug-likeness (QED) is 0.657. The molecule has 5 nitrogen and oxygen atoms in total. The Hall–Kier alpha value is -1.50. The minimum atomic E-state index is -1.39. The SMILES string of the molecule is COC(=O)CC(O)C(O)c1cc(F)ccc1CN. The number of nitrogens with two attached hydrogens (primary N) is 1. The lowest BCUT2D eigenvalue weighted by atomic mass is 9.97. The number of esters is 1. The van der Waals surface area contributed by atoms with E-state index in [0.29, 0.717) is 5.56 Å². The van der Waals surface area contributed by atoms with Crippen LogP contribution in [0.5, 0.6) is 0 Å². The van der Waals surface area contributed by atoms with Gasteiger partial charge in [-0.3, -0.25) is 4.79 Å². The molecule has 0 bridgehead atoms. The molecule has 0 saturated heterocycles. The molecule has 1 aromatic carbocycles. The predicted molar refractivity (Wildman–Crippen MR) is 61.9 cm³/mol. The van der Waals surface area contributed by atoms with Crippen LogP contribution in [0.4, 0.5) is 4.39 Å². The number of carbonyl (C=O) groups excluding carboxylic acids is 1. The molecule has 100 valence electrons. The molecular formula is C12H16FNO4. The van der Waals surface area contributed by atoms with E-state index in [1.165, 1.54) is 19.2 Å². The molecule has 0 radical (unpaired) electrons. The van der Waals surface area contributed by atoms with Crippen molar-refractivity contribution in [1.29, 1.82) is 0 Å². The van der Waals surface area contributed by atoms with Gasteiger partial charge in [-0.1, -0.05) is 6.07 Å². The minimum Gasteiger partial charge on any atom is -0.469 e. The number of benzene rings is 1. The third kappa shape index (κ3) is 3.49. The smallest absolute Gasteiger partial charge is 0.308 e. The summed E-state index contributed by atoms with van der Waals surface area (Å²) in [6, 6.07) is 3.73. The Morgan fingerprint density at radius 2 is 2.17 bits per heavy atom. The first-order valence-electron chi connectivity index (χ1n) is 5.41. The molecule has 0 heterocycles. The Labute approximate surface area is 104 Å². The number of hydrogen-bond donors (Lipinski definition) is 3. The van der Waals surface area contributed by atoms with Gasteiger partial charge in [-0.25, -0.2) is 4.39 Å². The summed E-state index contributed by atoms with van der Waals surface area (Å²) in [6.45, 7) is 0.0949. The van der Waals surface area contributed by atoms with Gasteiger partial charge in [0.25, 0.3) is 0 Å². The summed E-state index contributed by atoms with van der Waals surface area (Å²) in [5.41, 5.74) is 6.14. The molecule has 0 aliphatic rings. The topological polar surface area (TPSA) is 92.8 Å². The second kappa shape index (κ2) is 6.44. The average Bonchev–Trinajstić information content (AvgIpc) is 2.37. The molecule has 1 rings (SSSR count). The molecule has 0 aliphatic carbocycles. The van der Waals surface area contributed by atoms with Crippen LogP contribution in [0.1, 0.15) is 23.7 Å². The van der Waals surface area contributed by atoms with Gasteiger partial charge in [0, 0.05) is 6.54 Å². The first kappa shape index (κ1) is 14.6. The molecule has 18 heavy (non-hydrogen) atoms. The zero-order valence-electron chi connectivity index (χ0n) is 9.97. The number of hydrogen-bond acceptors (Lipinski definition) is 5. The van der Waals surface area contributed by atoms with Gasteiger partial charge < -0.3 is 20.7 Å². The summed E-state index contributed by atoms with van der Waals surface area (Å²) in [5, 5.41) is 19.6. The number of ether oxygens (including phenoxy) is 1. The maximum Gasteiger partial charge on any atom is 0.308 e. The van der Waals surface area contributed by atoms with E-state index in [1.807, 2.05) is 0 Å². The van der Waals surface area contributed by atoms with E-state index in [9.17, 15) is 19.4 Å². The molecular weight excluding hydrogens is 241 g/mol. The molecule has 0 aromatic heterocycles. The Kier molecular flexibility index (Phi) is 5.21. The van der Waals surface area contributed by atoms with Crippen molar-refractivity contribution in [3.8, 4) is 0 Å². The van der Waals surface area contributed by atoms with Gasteiger partial charge in [-0.15, -0.1) is 0 Å². The Bertz CT molecular complexity index is 425. The third-order valence-electron chi connectivity index (χ3n) is 2.61. The number of aliphatic hydroxyl groups is 2. The molecule has 2 unspecified atom stereocenters. The highest BCUT2D eigenvalue weighted by molar-refractivity contribution is 5.69. The molecule has 0 amide bonds. The van der Waals surface area contributed by atoms with E-state index in [-0.39, 0.29) is 18.5 Å². The normalized spacial score (nSPS) is 14.1. The van der Waals surface area contributed by atoms with E-state index in [4.69, 9.17) is 5.73 Å². The fraction of sp³-hybridized carbons (Fsp3) is 0.417. The van der Waals surface area contributed by atoms with Crippen LogP contribution in [0.25, 0.3) is 0 Å². The summed E-state index contributed by atoms with van der Waals surface area (Å²) < 4.78 is 17.5. The summed E-state index contributed by atoms with van der Waals surface area (Å²) >= 11 is 0. The standard InChI is InChI=1S/C12H16FNO4/c1-18-11(16)5-10(15)12(17)9-4-8(13)3-2-7(9)6-14/h2-4,10,12,15,17H,5-6,14H2,1H3. The number of methoxy groups -OCH3 is 1. The van der Waals surface area contributed by atoms with Crippen molar-refractivity contribution in [3.05, 3.63) is 35.1 Å². The lowest BCUT2D eigenvalue weighted by molar-refractivity contribution is -0.144.